The third-order valence-electron chi connectivity index (χ3n) is 2.74. The van der Waals surface area contributed by atoms with Crippen molar-refractivity contribution in [2.24, 2.45) is 0 Å². The summed E-state index contributed by atoms with van der Waals surface area (Å²) in [6.45, 7) is 11.8. The minimum absolute atomic E-state index is 0.442. The molecule has 0 spiro atoms. The molecule has 3 heteroatoms. The molecule has 0 atom stereocenters. The Kier molecular flexibility index (Phi) is 10.8. The highest BCUT2D eigenvalue weighted by atomic mass is 16.1. The number of rotatable bonds is 5. The zero-order valence-corrected chi connectivity index (χ0v) is 11.2. The van der Waals surface area contributed by atoms with Gasteiger partial charge in [-0.15, -0.1) is 0 Å². The molecule has 0 aromatic heterocycles. The summed E-state index contributed by atoms with van der Waals surface area (Å²) >= 11 is 0. The average molecular weight is 228 g/mol. The normalized spacial score (nSPS) is 16.8. The van der Waals surface area contributed by atoms with Crippen LogP contribution in [0.2, 0.25) is 0 Å². The third kappa shape index (κ3) is 8.86. The first-order valence-corrected chi connectivity index (χ1v) is 6.69. The Morgan fingerprint density at radius 1 is 1.12 bits per heavy atom. The summed E-state index contributed by atoms with van der Waals surface area (Å²) in [5, 5.41) is 3.11. The number of hydrogen-bond donors (Lipinski definition) is 1. The van der Waals surface area contributed by atoms with Gasteiger partial charge in [-0.2, -0.15) is 0 Å². The maximum atomic E-state index is 10.9. The fourth-order valence-corrected chi connectivity index (χ4v) is 1.66. The van der Waals surface area contributed by atoms with Crippen LogP contribution in [0.15, 0.2) is 0 Å². The van der Waals surface area contributed by atoms with Crippen molar-refractivity contribution in [1.82, 2.24) is 10.2 Å². The van der Waals surface area contributed by atoms with E-state index < -0.39 is 0 Å². The van der Waals surface area contributed by atoms with Gasteiger partial charge in [0.2, 0.25) is 0 Å². The highest BCUT2D eigenvalue weighted by molar-refractivity contribution is 5.79. The Morgan fingerprint density at radius 2 is 1.69 bits per heavy atom. The molecule has 16 heavy (non-hydrogen) atoms. The largest absolute Gasteiger partial charge is 0.317 e. The van der Waals surface area contributed by atoms with Crippen molar-refractivity contribution in [3.63, 3.8) is 0 Å². The predicted octanol–water partition coefficient (Wildman–Crippen LogP) is 2.07. The molecule has 1 aliphatic rings. The first-order valence-electron chi connectivity index (χ1n) is 6.69. The van der Waals surface area contributed by atoms with E-state index in [0.717, 1.165) is 39.0 Å². The second kappa shape index (κ2) is 11.1. The highest BCUT2D eigenvalue weighted by Gasteiger charge is 2.14. The highest BCUT2D eigenvalue weighted by Crippen LogP contribution is 2.06. The van der Waals surface area contributed by atoms with Crippen molar-refractivity contribution < 1.29 is 4.79 Å². The van der Waals surface area contributed by atoms with Gasteiger partial charge in [0, 0.05) is 25.9 Å². The Hall–Kier alpha value is -0.410. The second-order valence-corrected chi connectivity index (χ2v) is 4.19. The molecule has 0 aromatic rings. The molecule has 0 bridgehead atoms. The number of nitrogens with one attached hydrogen (secondary N) is 1. The average Bonchev–Trinajstić information content (AvgIpc) is 2.30. The third-order valence-corrected chi connectivity index (χ3v) is 2.74. The van der Waals surface area contributed by atoms with Crippen molar-refractivity contribution >= 4 is 5.78 Å². The van der Waals surface area contributed by atoms with E-state index in [4.69, 9.17) is 0 Å². The van der Waals surface area contributed by atoms with Gasteiger partial charge in [0.05, 0.1) is 0 Å². The minimum Gasteiger partial charge on any atom is -0.317 e. The quantitative estimate of drug-likeness (QED) is 0.782. The summed E-state index contributed by atoms with van der Waals surface area (Å²) in [6, 6.07) is 0. The Balaban J connectivity index is 0.000000385. The summed E-state index contributed by atoms with van der Waals surface area (Å²) in [5.74, 6) is 0.442. The van der Waals surface area contributed by atoms with E-state index in [1.807, 2.05) is 0 Å². The Morgan fingerprint density at radius 3 is 2.06 bits per heavy atom. The first-order chi connectivity index (χ1) is 7.74. The molecule has 1 heterocycles. The van der Waals surface area contributed by atoms with Gasteiger partial charge in [0.25, 0.3) is 0 Å². The van der Waals surface area contributed by atoms with E-state index in [1.165, 1.54) is 19.4 Å². The number of Topliss-reactive ketones (excluding diaryl/α,β-unsaturated/α-hetero) is 1. The fraction of sp³-hybridized carbons (Fsp3) is 0.923. The van der Waals surface area contributed by atoms with Crippen LogP contribution in [-0.4, -0.2) is 43.4 Å². The maximum absolute atomic E-state index is 10.9. The summed E-state index contributed by atoms with van der Waals surface area (Å²) in [4.78, 5) is 13.2. The fourth-order valence-electron chi connectivity index (χ4n) is 1.66. The van der Waals surface area contributed by atoms with Gasteiger partial charge in [0.15, 0.2) is 0 Å². The van der Waals surface area contributed by atoms with Crippen LogP contribution >= 0.6 is 0 Å². The van der Waals surface area contributed by atoms with E-state index >= 15 is 0 Å². The molecule has 1 aliphatic heterocycles. The van der Waals surface area contributed by atoms with Crippen LogP contribution < -0.4 is 5.32 Å². The number of likely N-dealkylation sites (tertiary alicyclic amines) is 1. The molecule has 0 aromatic carbocycles. The van der Waals surface area contributed by atoms with E-state index in [-0.39, 0.29) is 0 Å². The number of carbonyl (C=O) groups is 1. The molecule has 0 saturated carbocycles. The molecule has 0 unspecified atom stereocenters. The van der Waals surface area contributed by atoms with Crippen LogP contribution in [0.25, 0.3) is 0 Å². The standard InChI is InChI=1S/C9H17NO.C4H11N/c1-2-3-6-10-7-4-9(11)5-8-10;1-3-5-4-2/h2-8H2,1H3;5H,3-4H2,1-2H3. The number of unbranched alkanes of at least 4 members (excludes halogenated alkanes) is 1. The van der Waals surface area contributed by atoms with Crippen molar-refractivity contribution in [1.29, 1.82) is 0 Å². The Labute approximate surface area is 101 Å². The van der Waals surface area contributed by atoms with Crippen molar-refractivity contribution in [2.45, 2.75) is 46.5 Å². The lowest BCUT2D eigenvalue weighted by Crippen LogP contribution is -2.34. The van der Waals surface area contributed by atoms with Crippen molar-refractivity contribution in [3.8, 4) is 0 Å². The number of ketones is 1. The Bertz CT molecular complexity index is 159. The van der Waals surface area contributed by atoms with Crippen LogP contribution in [0.4, 0.5) is 0 Å². The number of carbonyl (C=O) groups excluding carboxylic acids is 1. The van der Waals surface area contributed by atoms with E-state index in [1.54, 1.807) is 0 Å². The molecule has 96 valence electrons. The molecule has 1 N–H and O–H groups in total. The van der Waals surface area contributed by atoms with Gasteiger partial charge in [-0.25, -0.2) is 0 Å². The maximum Gasteiger partial charge on any atom is 0.135 e. The zero-order valence-electron chi connectivity index (χ0n) is 11.2. The van der Waals surface area contributed by atoms with Gasteiger partial charge in [0.1, 0.15) is 5.78 Å². The summed E-state index contributed by atoms with van der Waals surface area (Å²) in [6.07, 6.45) is 4.09. The topological polar surface area (TPSA) is 32.3 Å². The van der Waals surface area contributed by atoms with Crippen molar-refractivity contribution in [2.75, 3.05) is 32.7 Å². The number of hydrogen-bond acceptors (Lipinski definition) is 3. The van der Waals surface area contributed by atoms with Crippen LogP contribution in [0.5, 0.6) is 0 Å². The van der Waals surface area contributed by atoms with Crippen molar-refractivity contribution in [3.05, 3.63) is 0 Å². The van der Waals surface area contributed by atoms with Gasteiger partial charge in [-0.05, 0) is 26.1 Å². The van der Waals surface area contributed by atoms with E-state index in [0.29, 0.717) is 5.78 Å². The molecule has 0 radical (unpaired) electrons. The van der Waals surface area contributed by atoms with Crippen LogP contribution in [0.1, 0.15) is 46.5 Å². The zero-order chi connectivity index (χ0) is 12.2. The first kappa shape index (κ1) is 15.6. The molecule has 0 amide bonds. The monoisotopic (exact) mass is 228 g/mol. The van der Waals surface area contributed by atoms with Gasteiger partial charge < -0.3 is 10.2 Å². The van der Waals surface area contributed by atoms with Gasteiger partial charge >= 0.3 is 0 Å². The van der Waals surface area contributed by atoms with Crippen LogP contribution in [0, 0.1) is 0 Å². The van der Waals surface area contributed by atoms with Gasteiger partial charge in [-0.1, -0.05) is 27.2 Å². The number of nitrogens with zero attached hydrogens (tertiary/aromatic N) is 1. The lowest BCUT2D eigenvalue weighted by molar-refractivity contribution is -0.121. The van der Waals surface area contributed by atoms with Crippen LogP contribution in [0.3, 0.4) is 0 Å². The summed E-state index contributed by atoms with van der Waals surface area (Å²) < 4.78 is 0. The predicted molar refractivity (Wildman–Crippen MR) is 69.8 cm³/mol. The lowest BCUT2D eigenvalue weighted by atomic mass is 10.1. The van der Waals surface area contributed by atoms with E-state index in [2.05, 4.69) is 31.0 Å². The van der Waals surface area contributed by atoms with Crippen LogP contribution in [-0.2, 0) is 4.79 Å². The molecular formula is C13H28N2O. The molecule has 1 fully saturated rings. The SMILES string of the molecule is CCCCN1CCC(=O)CC1.CCNCC. The molecule has 1 saturated heterocycles. The molecule has 1 rings (SSSR count). The molecule has 0 aliphatic carbocycles. The summed E-state index contributed by atoms with van der Waals surface area (Å²) in [7, 11) is 0. The smallest absolute Gasteiger partial charge is 0.135 e. The molecular weight excluding hydrogens is 200 g/mol. The lowest BCUT2D eigenvalue weighted by Gasteiger charge is -2.25. The van der Waals surface area contributed by atoms with Gasteiger partial charge in [-0.3, -0.25) is 4.79 Å². The molecule has 3 nitrogen and oxygen atoms in total. The summed E-state index contributed by atoms with van der Waals surface area (Å²) in [5.41, 5.74) is 0. The van der Waals surface area contributed by atoms with E-state index in [9.17, 15) is 4.79 Å². The second-order valence-electron chi connectivity index (χ2n) is 4.19. The number of piperidine rings is 1. The minimum atomic E-state index is 0.442.